The predicted molar refractivity (Wildman–Crippen MR) is 134 cm³/mol. The summed E-state index contributed by atoms with van der Waals surface area (Å²) in [6.07, 6.45) is 1.62. The van der Waals surface area contributed by atoms with Gasteiger partial charge in [0.25, 0.3) is 5.91 Å². The third-order valence-electron chi connectivity index (χ3n) is 5.96. The third-order valence-corrected chi connectivity index (χ3v) is 7.81. The maximum Gasteiger partial charge on any atom is 0.264 e. The number of carbonyl (C=O) groups is 2. The minimum atomic E-state index is -0.321. The van der Waals surface area contributed by atoms with Gasteiger partial charge < -0.3 is 14.5 Å². The molecule has 0 radical (unpaired) electrons. The Bertz CT molecular complexity index is 1100. The molecule has 3 heterocycles. The molecular formula is C26H29FN2O3S2. The lowest BCUT2D eigenvalue weighted by Crippen LogP contribution is -2.48. The lowest BCUT2D eigenvalue weighted by atomic mass is 10.0. The van der Waals surface area contributed by atoms with Crippen LogP contribution in [0.15, 0.2) is 53.2 Å². The van der Waals surface area contributed by atoms with Crippen molar-refractivity contribution in [1.82, 2.24) is 9.80 Å². The van der Waals surface area contributed by atoms with Gasteiger partial charge in [-0.2, -0.15) is 0 Å². The van der Waals surface area contributed by atoms with Crippen LogP contribution in [0.1, 0.15) is 46.4 Å². The first-order chi connectivity index (χ1) is 16.4. The van der Waals surface area contributed by atoms with Crippen molar-refractivity contribution in [2.75, 3.05) is 26.2 Å². The number of carbonyl (C=O) groups excluding carboxylic acids is 2. The van der Waals surface area contributed by atoms with E-state index in [-0.39, 0.29) is 36.8 Å². The molecule has 4 rings (SSSR count). The zero-order chi connectivity index (χ0) is 24.1. The van der Waals surface area contributed by atoms with Gasteiger partial charge >= 0.3 is 0 Å². The first kappa shape index (κ1) is 24.4. The summed E-state index contributed by atoms with van der Waals surface area (Å²) >= 11 is 3.08. The van der Waals surface area contributed by atoms with Crippen LogP contribution in [0.5, 0.6) is 5.75 Å². The zero-order valence-electron chi connectivity index (χ0n) is 19.4. The van der Waals surface area contributed by atoms with Gasteiger partial charge in [-0.15, -0.1) is 22.7 Å². The monoisotopic (exact) mass is 500 g/mol. The smallest absolute Gasteiger partial charge is 0.264 e. The van der Waals surface area contributed by atoms with Crippen LogP contribution >= 0.6 is 22.7 Å². The average Bonchev–Trinajstić information content (AvgIpc) is 3.53. The standard InChI is InChI=1S/C26H29FN2O3S2/c1-18(2)9-12-28(26(31)24-4-3-14-33-24)16-25(30)29-13-10-23-21(11-15-34-23)22(29)17-32-20-7-5-19(27)6-8-20/h3-8,11,14-15,18,22H,9-10,12-13,16-17H2,1-2H3/t22-/m1/s1. The first-order valence-electron chi connectivity index (χ1n) is 11.5. The van der Waals surface area contributed by atoms with Crippen LogP contribution in [-0.4, -0.2) is 47.9 Å². The van der Waals surface area contributed by atoms with Crippen LogP contribution in [0.25, 0.3) is 0 Å². The molecule has 1 atom stereocenters. The number of benzene rings is 1. The highest BCUT2D eigenvalue weighted by Crippen LogP contribution is 2.34. The summed E-state index contributed by atoms with van der Waals surface area (Å²) in [6.45, 7) is 5.65. The summed E-state index contributed by atoms with van der Waals surface area (Å²) < 4.78 is 19.2. The SMILES string of the molecule is CC(C)CCN(CC(=O)N1CCc2sccc2[C@H]1COc1ccc(F)cc1)C(=O)c1cccs1. The molecule has 2 amide bonds. The minimum absolute atomic E-state index is 0.0377. The Kier molecular flexibility index (Phi) is 8.00. The Morgan fingerprint density at radius 2 is 1.94 bits per heavy atom. The van der Waals surface area contributed by atoms with E-state index < -0.39 is 0 Å². The van der Waals surface area contributed by atoms with Crippen LogP contribution in [0.2, 0.25) is 0 Å². The number of hydrogen-bond donors (Lipinski definition) is 0. The number of thiophene rings is 2. The molecule has 1 aromatic carbocycles. The van der Waals surface area contributed by atoms with Gasteiger partial charge in [-0.1, -0.05) is 19.9 Å². The molecule has 0 aliphatic carbocycles. The fourth-order valence-electron chi connectivity index (χ4n) is 4.06. The maximum atomic E-state index is 13.6. The van der Waals surface area contributed by atoms with Crippen molar-refractivity contribution in [2.45, 2.75) is 32.7 Å². The average molecular weight is 501 g/mol. The van der Waals surface area contributed by atoms with Gasteiger partial charge in [-0.25, -0.2) is 4.39 Å². The van der Waals surface area contributed by atoms with Gasteiger partial charge in [-0.3, -0.25) is 9.59 Å². The molecule has 0 saturated heterocycles. The number of halogens is 1. The minimum Gasteiger partial charge on any atom is -0.491 e. The summed E-state index contributed by atoms with van der Waals surface area (Å²) in [5.41, 5.74) is 1.09. The van der Waals surface area contributed by atoms with Gasteiger partial charge in [-0.05, 0) is 71.5 Å². The van der Waals surface area contributed by atoms with Crippen molar-refractivity contribution < 1.29 is 18.7 Å². The lowest BCUT2D eigenvalue weighted by molar-refractivity contribution is -0.135. The topological polar surface area (TPSA) is 49.9 Å². The van der Waals surface area contributed by atoms with E-state index >= 15 is 0 Å². The van der Waals surface area contributed by atoms with E-state index in [2.05, 4.69) is 13.8 Å². The van der Waals surface area contributed by atoms with E-state index in [1.165, 1.54) is 28.3 Å². The summed E-state index contributed by atoms with van der Waals surface area (Å²) in [5, 5.41) is 3.92. The first-order valence-corrected chi connectivity index (χ1v) is 13.2. The number of hydrogen-bond acceptors (Lipinski definition) is 5. The Morgan fingerprint density at radius 1 is 1.15 bits per heavy atom. The molecule has 5 nitrogen and oxygen atoms in total. The van der Waals surface area contributed by atoms with Crippen LogP contribution in [0.4, 0.5) is 4.39 Å². The van der Waals surface area contributed by atoms with Crippen LogP contribution in [0.3, 0.4) is 0 Å². The highest BCUT2D eigenvalue weighted by atomic mass is 32.1. The summed E-state index contributed by atoms with van der Waals surface area (Å²) in [5.74, 6) is 0.477. The molecule has 0 unspecified atom stereocenters. The fraction of sp³-hybridized carbons (Fsp3) is 0.385. The molecule has 180 valence electrons. The molecule has 2 aromatic heterocycles. The highest BCUT2D eigenvalue weighted by molar-refractivity contribution is 7.12. The van der Waals surface area contributed by atoms with Gasteiger partial charge in [0.2, 0.25) is 5.91 Å². The molecule has 3 aromatic rings. The van der Waals surface area contributed by atoms with E-state index in [0.717, 1.165) is 18.4 Å². The third kappa shape index (κ3) is 5.85. The summed E-state index contributed by atoms with van der Waals surface area (Å²) in [4.78, 5) is 32.1. The Morgan fingerprint density at radius 3 is 2.65 bits per heavy atom. The van der Waals surface area contributed by atoms with Gasteiger partial charge in [0, 0.05) is 18.0 Å². The second kappa shape index (κ2) is 11.1. The van der Waals surface area contributed by atoms with Crippen LogP contribution < -0.4 is 4.74 Å². The lowest BCUT2D eigenvalue weighted by Gasteiger charge is -2.37. The molecule has 0 saturated carbocycles. The van der Waals surface area contributed by atoms with Crippen LogP contribution in [-0.2, 0) is 11.2 Å². The highest BCUT2D eigenvalue weighted by Gasteiger charge is 2.33. The fourth-order valence-corrected chi connectivity index (χ4v) is 5.68. The maximum absolute atomic E-state index is 13.6. The predicted octanol–water partition coefficient (Wildman–Crippen LogP) is 5.64. The van der Waals surface area contributed by atoms with Crippen molar-refractivity contribution in [3.05, 3.63) is 74.4 Å². The summed E-state index contributed by atoms with van der Waals surface area (Å²) in [6, 6.07) is 11.3. The normalized spacial score (nSPS) is 15.3. The zero-order valence-corrected chi connectivity index (χ0v) is 21.0. The quantitative estimate of drug-likeness (QED) is 0.382. The number of nitrogens with zero attached hydrogens (tertiary/aromatic N) is 2. The van der Waals surface area contributed by atoms with Crippen molar-refractivity contribution >= 4 is 34.5 Å². The number of rotatable bonds is 9. The molecule has 8 heteroatoms. The van der Waals surface area contributed by atoms with E-state index in [1.54, 1.807) is 34.4 Å². The second-order valence-electron chi connectivity index (χ2n) is 8.80. The summed E-state index contributed by atoms with van der Waals surface area (Å²) in [7, 11) is 0. The van der Waals surface area contributed by atoms with Crippen molar-refractivity contribution in [2.24, 2.45) is 5.92 Å². The van der Waals surface area contributed by atoms with E-state index in [9.17, 15) is 14.0 Å². The molecule has 1 aliphatic heterocycles. The van der Waals surface area contributed by atoms with Crippen molar-refractivity contribution in [1.29, 1.82) is 0 Å². The second-order valence-corrected chi connectivity index (χ2v) is 10.8. The number of fused-ring (bicyclic) bond motifs is 1. The molecule has 0 N–H and O–H groups in total. The molecule has 0 spiro atoms. The van der Waals surface area contributed by atoms with Gasteiger partial charge in [0.1, 0.15) is 24.7 Å². The Labute approximate surface area is 207 Å². The largest absolute Gasteiger partial charge is 0.491 e. The molecule has 34 heavy (non-hydrogen) atoms. The molecule has 0 bridgehead atoms. The number of amides is 2. The van der Waals surface area contributed by atoms with Crippen LogP contribution in [0, 0.1) is 11.7 Å². The van der Waals surface area contributed by atoms with Crippen molar-refractivity contribution in [3.63, 3.8) is 0 Å². The van der Waals surface area contributed by atoms with E-state index in [1.807, 2.05) is 27.8 Å². The van der Waals surface area contributed by atoms with Gasteiger partial charge in [0.15, 0.2) is 0 Å². The Hall–Kier alpha value is -2.71. The molecule has 1 aliphatic rings. The molecule has 0 fully saturated rings. The van der Waals surface area contributed by atoms with E-state index in [4.69, 9.17) is 4.74 Å². The van der Waals surface area contributed by atoms with E-state index in [0.29, 0.717) is 29.6 Å². The van der Waals surface area contributed by atoms with Crippen molar-refractivity contribution in [3.8, 4) is 5.75 Å². The number of ether oxygens (including phenoxy) is 1. The molecular weight excluding hydrogens is 471 g/mol. The Balaban J connectivity index is 1.51. The van der Waals surface area contributed by atoms with Gasteiger partial charge in [0.05, 0.1) is 10.9 Å².